The minimum absolute atomic E-state index is 0.279. The van der Waals surface area contributed by atoms with Gasteiger partial charge >= 0.3 is 0 Å². The lowest BCUT2D eigenvalue weighted by atomic mass is 10.3. The van der Waals surface area contributed by atoms with Crippen molar-refractivity contribution in [1.29, 1.82) is 0 Å². The van der Waals surface area contributed by atoms with Crippen LogP contribution in [0.5, 0.6) is 0 Å². The van der Waals surface area contributed by atoms with E-state index in [1.54, 1.807) is 0 Å². The zero-order valence-electron chi connectivity index (χ0n) is 5.52. The summed E-state index contributed by atoms with van der Waals surface area (Å²) in [5.41, 5.74) is 0. The van der Waals surface area contributed by atoms with Gasteiger partial charge in [-0.1, -0.05) is 34.7 Å². The van der Waals surface area contributed by atoms with Gasteiger partial charge in [0.15, 0.2) is 0 Å². The average Bonchev–Trinajstić information content (AvgIpc) is 1.89. The molecule has 0 aliphatic carbocycles. The number of allylic oxidation sites excluding steroid dienone is 1. The molecule has 0 aromatic rings. The topological polar surface area (TPSA) is 20.2 Å². The van der Waals surface area contributed by atoms with Crippen LogP contribution >= 0.6 is 22.6 Å². The maximum atomic E-state index is 8.37. The van der Waals surface area contributed by atoms with E-state index < -0.39 is 0 Å². The van der Waals surface area contributed by atoms with Gasteiger partial charge in [0.1, 0.15) is 0 Å². The Labute approximate surface area is 70.3 Å². The Kier molecular flexibility index (Phi) is 8.83. The van der Waals surface area contributed by atoms with Crippen molar-refractivity contribution in [3.8, 4) is 0 Å². The van der Waals surface area contributed by atoms with Gasteiger partial charge in [-0.05, 0) is 23.7 Å². The van der Waals surface area contributed by atoms with Crippen LogP contribution in [0, 0.1) is 0 Å². The van der Waals surface area contributed by atoms with Crippen LogP contribution in [0.15, 0.2) is 12.2 Å². The molecule has 54 valence electrons. The fraction of sp³-hybridized carbons (Fsp3) is 0.714. The standard InChI is InChI=1S/C7H13IO/c8-6-4-2-1-3-5-7-9/h1,3,9H,2,4-7H2/b3-1+. The molecule has 0 radical (unpaired) electrons. The molecule has 0 amide bonds. The Morgan fingerprint density at radius 1 is 1.22 bits per heavy atom. The summed E-state index contributed by atoms with van der Waals surface area (Å²) in [4.78, 5) is 0. The van der Waals surface area contributed by atoms with E-state index in [4.69, 9.17) is 5.11 Å². The third-order valence-corrected chi connectivity index (χ3v) is 1.73. The molecule has 1 nitrogen and oxygen atoms in total. The number of rotatable bonds is 5. The largest absolute Gasteiger partial charge is 0.396 e. The van der Waals surface area contributed by atoms with Crippen molar-refractivity contribution in [1.82, 2.24) is 0 Å². The number of hydrogen-bond acceptors (Lipinski definition) is 1. The van der Waals surface area contributed by atoms with Crippen LogP contribution in [-0.4, -0.2) is 16.1 Å². The van der Waals surface area contributed by atoms with Crippen molar-refractivity contribution >= 4 is 22.6 Å². The number of aliphatic hydroxyl groups excluding tert-OH is 1. The van der Waals surface area contributed by atoms with Gasteiger partial charge in [0.05, 0.1) is 0 Å². The van der Waals surface area contributed by atoms with Crippen LogP contribution in [0.25, 0.3) is 0 Å². The first kappa shape index (κ1) is 9.43. The molecule has 0 unspecified atom stereocenters. The molecule has 0 atom stereocenters. The highest BCUT2D eigenvalue weighted by atomic mass is 127. The Balaban J connectivity index is 2.86. The average molecular weight is 240 g/mol. The first-order valence-electron chi connectivity index (χ1n) is 3.23. The molecule has 0 aliphatic rings. The number of halogens is 1. The van der Waals surface area contributed by atoms with E-state index in [0.29, 0.717) is 0 Å². The Hall–Kier alpha value is 0.430. The zero-order valence-corrected chi connectivity index (χ0v) is 7.67. The van der Waals surface area contributed by atoms with Crippen LogP contribution in [0.4, 0.5) is 0 Å². The summed E-state index contributed by atoms with van der Waals surface area (Å²) in [6, 6.07) is 0. The van der Waals surface area contributed by atoms with Crippen LogP contribution in [0.3, 0.4) is 0 Å². The van der Waals surface area contributed by atoms with E-state index in [2.05, 4.69) is 28.7 Å². The molecule has 9 heavy (non-hydrogen) atoms. The highest BCUT2D eigenvalue weighted by Gasteiger charge is 1.77. The first-order chi connectivity index (χ1) is 4.41. The minimum Gasteiger partial charge on any atom is -0.396 e. The van der Waals surface area contributed by atoms with Crippen LogP contribution < -0.4 is 0 Å². The van der Waals surface area contributed by atoms with Crippen molar-refractivity contribution in [3.63, 3.8) is 0 Å². The van der Waals surface area contributed by atoms with Crippen molar-refractivity contribution < 1.29 is 5.11 Å². The molecule has 2 heteroatoms. The fourth-order valence-corrected chi connectivity index (χ4v) is 0.946. The third kappa shape index (κ3) is 8.43. The second kappa shape index (κ2) is 8.43. The predicted octanol–water partition coefficient (Wildman–Crippen LogP) is 2.14. The molecule has 0 saturated carbocycles. The Morgan fingerprint density at radius 3 is 2.44 bits per heavy atom. The molecule has 0 fully saturated rings. The van der Waals surface area contributed by atoms with E-state index in [0.717, 1.165) is 12.8 Å². The van der Waals surface area contributed by atoms with Gasteiger partial charge in [0, 0.05) is 6.61 Å². The van der Waals surface area contributed by atoms with E-state index in [1.807, 2.05) is 6.08 Å². The van der Waals surface area contributed by atoms with Gasteiger partial charge in [-0.3, -0.25) is 0 Å². The van der Waals surface area contributed by atoms with E-state index in [-0.39, 0.29) is 6.61 Å². The monoisotopic (exact) mass is 240 g/mol. The van der Waals surface area contributed by atoms with E-state index in [1.165, 1.54) is 10.8 Å². The fourth-order valence-electron chi connectivity index (χ4n) is 0.505. The molecule has 0 spiro atoms. The molecular weight excluding hydrogens is 227 g/mol. The molecule has 1 N–H and O–H groups in total. The molecule has 0 bridgehead atoms. The normalized spacial score (nSPS) is 10.9. The van der Waals surface area contributed by atoms with Gasteiger partial charge < -0.3 is 5.11 Å². The minimum atomic E-state index is 0.279. The van der Waals surface area contributed by atoms with Crippen molar-refractivity contribution in [3.05, 3.63) is 12.2 Å². The quantitative estimate of drug-likeness (QED) is 0.338. The summed E-state index contributed by atoms with van der Waals surface area (Å²) < 4.78 is 1.22. The van der Waals surface area contributed by atoms with E-state index >= 15 is 0 Å². The number of aliphatic hydroxyl groups is 1. The smallest absolute Gasteiger partial charge is 0.0465 e. The van der Waals surface area contributed by atoms with Gasteiger partial charge in [0.25, 0.3) is 0 Å². The zero-order chi connectivity index (χ0) is 6.95. The summed E-state index contributed by atoms with van der Waals surface area (Å²) in [5, 5.41) is 8.37. The highest BCUT2D eigenvalue weighted by molar-refractivity contribution is 14.1. The van der Waals surface area contributed by atoms with E-state index in [9.17, 15) is 0 Å². The summed E-state index contributed by atoms with van der Waals surface area (Å²) in [6.07, 6.45) is 7.38. The third-order valence-electron chi connectivity index (χ3n) is 0.967. The van der Waals surface area contributed by atoms with Gasteiger partial charge in [-0.15, -0.1) is 0 Å². The Morgan fingerprint density at radius 2 is 1.89 bits per heavy atom. The van der Waals surface area contributed by atoms with Crippen molar-refractivity contribution in [2.45, 2.75) is 19.3 Å². The lowest BCUT2D eigenvalue weighted by Gasteiger charge is -1.86. The van der Waals surface area contributed by atoms with Crippen LogP contribution in [0.2, 0.25) is 0 Å². The van der Waals surface area contributed by atoms with Gasteiger partial charge in [-0.2, -0.15) is 0 Å². The SMILES string of the molecule is OCC/C=C/CCCI. The molecule has 0 rings (SSSR count). The first-order valence-corrected chi connectivity index (χ1v) is 4.76. The summed E-state index contributed by atoms with van der Waals surface area (Å²) >= 11 is 2.37. The molecule has 0 aliphatic heterocycles. The molecule has 0 heterocycles. The highest BCUT2D eigenvalue weighted by Crippen LogP contribution is 1.95. The lowest BCUT2D eigenvalue weighted by molar-refractivity contribution is 0.302. The van der Waals surface area contributed by atoms with Gasteiger partial charge in [-0.25, -0.2) is 0 Å². The predicted molar refractivity (Wildman–Crippen MR) is 49.0 cm³/mol. The second-order valence-corrected chi connectivity index (χ2v) is 2.89. The summed E-state index contributed by atoms with van der Waals surface area (Å²) in [5.74, 6) is 0. The number of alkyl halides is 1. The van der Waals surface area contributed by atoms with Crippen molar-refractivity contribution in [2.24, 2.45) is 0 Å². The van der Waals surface area contributed by atoms with Crippen LogP contribution in [0.1, 0.15) is 19.3 Å². The van der Waals surface area contributed by atoms with Crippen LogP contribution in [-0.2, 0) is 0 Å². The maximum absolute atomic E-state index is 8.37. The number of unbranched alkanes of at least 4 members (excludes halogenated alkanes) is 1. The molecule has 0 aromatic heterocycles. The molecule has 0 aromatic carbocycles. The molecular formula is C7H13IO. The molecule has 0 saturated heterocycles. The van der Waals surface area contributed by atoms with Crippen molar-refractivity contribution in [2.75, 3.05) is 11.0 Å². The maximum Gasteiger partial charge on any atom is 0.0465 e. The number of hydrogen-bond donors (Lipinski definition) is 1. The second-order valence-electron chi connectivity index (χ2n) is 1.81. The Bertz CT molecular complexity index is 71.3. The summed E-state index contributed by atoms with van der Waals surface area (Å²) in [6.45, 7) is 0.279. The summed E-state index contributed by atoms with van der Waals surface area (Å²) in [7, 11) is 0. The lowest BCUT2D eigenvalue weighted by Crippen LogP contribution is -1.76. The van der Waals surface area contributed by atoms with Gasteiger partial charge in [0.2, 0.25) is 0 Å².